The highest BCUT2D eigenvalue weighted by Gasteiger charge is 2.57. The molecule has 2 bridgehead atoms. The van der Waals surface area contributed by atoms with Gasteiger partial charge in [0.05, 0.1) is 19.3 Å². The van der Waals surface area contributed by atoms with E-state index in [2.05, 4.69) is 5.32 Å². The fourth-order valence-corrected chi connectivity index (χ4v) is 4.42. The van der Waals surface area contributed by atoms with Gasteiger partial charge in [-0.15, -0.1) is 0 Å². The van der Waals surface area contributed by atoms with Gasteiger partial charge in [-0.25, -0.2) is 8.78 Å². The topological polar surface area (TPSA) is 41.5 Å². The maximum atomic E-state index is 13.5. The quantitative estimate of drug-likeness (QED) is 0.823. The van der Waals surface area contributed by atoms with E-state index >= 15 is 0 Å². The number of aliphatic hydroxyl groups excluding tert-OH is 1. The first kappa shape index (κ1) is 17.6. The van der Waals surface area contributed by atoms with E-state index < -0.39 is 11.6 Å². The molecule has 2 fully saturated rings. The number of nitrogens with one attached hydrogen (secondary N) is 1. The highest BCUT2D eigenvalue weighted by Crippen LogP contribution is 2.50. The number of fused-ring (bicyclic) bond motifs is 2. The van der Waals surface area contributed by atoms with Crippen molar-refractivity contribution in [1.29, 1.82) is 0 Å². The number of rotatable bonds is 6. The summed E-state index contributed by atoms with van der Waals surface area (Å²) in [6.07, 6.45) is 2.78. The lowest BCUT2D eigenvalue weighted by Crippen LogP contribution is -2.48. The highest BCUT2D eigenvalue weighted by molar-refractivity contribution is 5.27. The van der Waals surface area contributed by atoms with Gasteiger partial charge in [-0.05, 0) is 61.1 Å². The second-order valence-corrected chi connectivity index (χ2v) is 7.64. The number of halogens is 2. The van der Waals surface area contributed by atoms with Crippen LogP contribution in [0.25, 0.3) is 0 Å². The first-order valence-electron chi connectivity index (χ1n) is 9.05. The van der Waals surface area contributed by atoms with Crippen LogP contribution in [0.1, 0.15) is 42.9 Å². The predicted octanol–water partition coefficient (Wildman–Crippen LogP) is 3.87. The van der Waals surface area contributed by atoms with E-state index in [1.807, 2.05) is 0 Å². The van der Waals surface area contributed by atoms with E-state index in [1.165, 1.54) is 24.3 Å². The van der Waals surface area contributed by atoms with Crippen LogP contribution < -0.4 is 5.32 Å². The Morgan fingerprint density at radius 1 is 1.00 bits per heavy atom. The molecule has 2 saturated heterocycles. The molecule has 0 unspecified atom stereocenters. The highest BCUT2D eigenvalue weighted by atomic mass is 19.1. The van der Waals surface area contributed by atoms with Crippen molar-refractivity contribution in [2.45, 2.75) is 49.5 Å². The Hall–Kier alpha value is -1.82. The molecule has 2 heterocycles. The van der Waals surface area contributed by atoms with E-state index in [-0.39, 0.29) is 17.2 Å². The lowest BCUT2D eigenvalue weighted by Gasteiger charge is -2.32. The van der Waals surface area contributed by atoms with Crippen molar-refractivity contribution in [1.82, 2.24) is 5.32 Å². The molecule has 2 aliphatic heterocycles. The Bertz CT molecular complexity index is 770. The van der Waals surface area contributed by atoms with Crippen molar-refractivity contribution in [3.8, 4) is 0 Å². The fourth-order valence-electron chi connectivity index (χ4n) is 4.42. The fraction of sp³-hybridized carbons (Fsp3) is 0.429. The molecule has 26 heavy (non-hydrogen) atoms. The maximum absolute atomic E-state index is 13.5. The van der Waals surface area contributed by atoms with Gasteiger partial charge in [0.25, 0.3) is 0 Å². The van der Waals surface area contributed by atoms with Crippen LogP contribution in [0.15, 0.2) is 48.5 Å². The SMILES string of the molecule is O[C@@H](c1cccc(F)c1)C12CCC(COCc3ccc(F)cc3)(CC1)N2. The molecule has 0 amide bonds. The normalized spacial score (nSPS) is 28.4. The van der Waals surface area contributed by atoms with Gasteiger partial charge < -0.3 is 15.2 Å². The smallest absolute Gasteiger partial charge is 0.123 e. The van der Waals surface area contributed by atoms with Gasteiger partial charge in [-0.2, -0.15) is 0 Å². The molecule has 2 aliphatic rings. The largest absolute Gasteiger partial charge is 0.386 e. The van der Waals surface area contributed by atoms with Crippen LogP contribution in [0.4, 0.5) is 8.78 Å². The van der Waals surface area contributed by atoms with Gasteiger partial charge in [0, 0.05) is 11.1 Å². The second-order valence-electron chi connectivity index (χ2n) is 7.64. The molecular weight excluding hydrogens is 336 g/mol. The van der Waals surface area contributed by atoms with Gasteiger partial charge in [-0.1, -0.05) is 24.3 Å². The summed E-state index contributed by atoms with van der Waals surface area (Å²) in [6, 6.07) is 12.5. The molecule has 2 aromatic carbocycles. The van der Waals surface area contributed by atoms with Gasteiger partial charge in [0.1, 0.15) is 11.6 Å². The minimum atomic E-state index is -0.736. The molecule has 5 heteroatoms. The van der Waals surface area contributed by atoms with Crippen molar-refractivity contribution in [3.05, 3.63) is 71.3 Å². The number of ether oxygens (including phenoxy) is 1. The van der Waals surface area contributed by atoms with Gasteiger partial charge >= 0.3 is 0 Å². The molecule has 4 rings (SSSR count). The lowest BCUT2D eigenvalue weighted by molar-refractivity contribution is 0.0606. The summed E-state index contributed by atoms with van der Waals surface area (Å²) < 4.78 is 32.4. The van der Waals surface area contributed by atoms with Crippen LogP contribution in [-0.2, 0) is 11.3 Å². The predicted molar refractivity (Wildman–Crippen MR) is 94.5 cm³/mol. The molecule has 0 aromatic heterocycles. The summed E-state index contributed by atoms with van der Waals surface area (Å²) in [5.41, 5.74) is 0.994. The molecule has 3 nitrogen and oxygen atoms in total. The monoisotopic (exact) mass is 359 g/mol. The summed E-state index contributed by atoms with van der Waals surface area (Å²) in [6.45, 7) is 0.977. The first-order chi connectivity index (χ1) is 12.5. The Morgan fingerprint density at radius 3 is 2.42 bits per heavy atom. The van der Waals surface area contributed by atoms with Gasteiger partial charge in [0.2, 0.25) is 0 Å². The Morgan fingerprint density at radius 2 is 1.73 bits per heavy atom. The molecular formula is C21H23F2NO2. The Labute approximate surface area is 152 Å². The molecule has 2 aromatic rings. The summed E-state index contributed by atoms with van der Waals surface area (Å²) in [5, 5.41) is 14.5. The van der Waals surface area contributed by atoms with Crippen LogP contribution >= 0.6 is 0 Å². The number of benzene rings is 2. The van der Waals surface area contributed by atoms with Crippen molar-refractivity contribution >= 4 is 0 Å². The van der Waals surface area contributed by atoms with Crippen LogP contribution in [0.3, 0.4) is 0 Å². The van der Waals surface area contributed by atoms with E-state index in [1.54, 1.807) is 24.3 Å². The van der Waals surface area contributed by atoms with Gasteiger partial charge in [0.15, 0.2) is 0 Å². The first-order valence-corrected chi connectivity index (χ1v) is 9.05. The molecule has 1 atom stereocenters. The van der Waals surface area contributed by atoms with E-state index in [9.17, 15) is 13.9 Å². The number of hydrogen-bond donors (Lipinski definition) is 2. The third kappa shape index (κ3) is 3.27. The van der Waals surface area contributed by atoms with Crippen LogP contribution in [-0.4, -0.2) is 22.8 Å². The van der Waals surface area contributed by atoms with Crippen molar-refractivity contribution in [3.63, 3.8) is 0 Å². The third-order valence-electron chi connectivity index (χ3n) is 5.86. The molecule has 0 radical (unpaired) electrons. The zero-order valence-electron chi connectivity index (χ0n) is 14.6. The molecule has 0 spiro atoms. The Balaban J connectivity index is 1.39. The van der Waals surface area contributed by atoms with E-state index in [4.69, 9.17) is 4.74 Å². The zero-order chi connectivity index (χ0) is 18.2. The summed E-state index contributed by atoms with van der Waals surface area (Å²) in [4.78, 5) is 0. The van der Waals surface area contributed by atoms with Crippen molar-refractivity contribution in [2.75, 3.05) is 6.61 Å². The molecule has 2 N–H and O–H groups in total. The van der Waals surface area contributed by atoms with Gasteiger partial charge in [-0.3, -0.25) is 0 Å². The maximum Gasteiger partial charge on any atom is 0.123 e. The number of aliphatic hydroxyl groups is 1. The Kier molecular flexibility index (Phi) is 4.55. The summed E-state index contributed by atoms with van der Waals surface area (Å²) in [5.74, 6) is -0.584. The van der Waals surface area contributed by atoms with Crippen molar-refractivity contribution in [2.24, 2.45) is 0 Å². The standard InChI is InChI=1S/C21H23F2NO2/c22-17-6-4-15(5-7-17)13-26-14-20-8-10-21(24-20,11-9-20)19(25)16-2-1-3-18(23)12-16/h1-7,12,19,24-25H,8-11,13-14H2/t19-,20?,21?/m0/s1. The average molecular weight is 359 g/mol. The van der Waals surface area contributed by atoms with E-state index in [0.29, 0.717) is 18.8 Å². The van der Waals surface area contributed by atoms with Crippen LogP contribution in [0.2, 0.25) is 0 Å². The summed E-state index contributed by atoms with van der Waals surface area (Å²) >= 11 is 0. The molecule has 0 aliphatic carbocycles. The van der Waals surface area contributed by atoms with Crippen LogP contribution in [0.5, 0.6) is 0 Å². The summed E-state index contributed by atoms with van der Waals surface area (Å²) in [7, 11) is 0. The molecule has 0 saturated carbocycles. The lowest BCUT2D eigenvalue weighted by atomic mass is 9.78. The minimum Gasteiger partial charge on any atom is -0.386 e. The minimum absolute atomic E-state index is 0.145. The number of hydrogen-bond acceptors (Lipinski definition) is 3. The molecule has 138 valence electrons. The zero-order valence-corrected chi connectivity index (χ0v) is 14.6. The van der Waals surface area contributed by atoms with E-state index in [0.717, 1.165) is 31.2 Å². The third-order valence-corrected chi connectivity index (χ3v) is 5.86. The van der Waals surface area contributed by atoms with Crippen LogP contribution in [0, 0.1) is 11.6 Å². The second kappa shape index (κ2) is 6.72. The van der Waals surface area contributed by atoms with Crippen molar-refractivity contribution < 1.29 is 18.6 Å². The average Bonchev–Trinajstić information content (AvgIpc) is 3.20.